The fourth-order valence-electron chi connectivity index (χ4n) is 1.71. The maximum atomic E-state index is 13.4. The number of rotatable bonds is 4. The number of hydrogen-bond acceptors (Lipinski definition) is 4. The fraction of sp³-hybridized carbons (Fsp3) is 0.308. The van der Waals surface area contributed by atoms with Crippen LogP contribution in [0.5, 0.6) is 5.75 Å². The normalized spacial score (nSPS) is 10.2. The number of nitrogens with zero attached hydrogens (tertiary/aromatic N) is 4. The van der Waals surface area contributed by atoms with Crippen molar-refractivity contribution >= 4 is 0 Å². The second-order valence-corrected chi connectivity index (χ2v) is 3.96. The molecule has 0 amide bonds. The van der Waals surface area contributed by atoms with Crippen LogP contribution in [-0.4, -0.2) is 14.8 Å². The van der Waals surface area contributed by atoms with Crippen LogP contribution in [0.1, 0.15) is 24.1 Å². The largest absolute Gasteiger partial charge is 0.484 e. The summed E-state index contributed by atoms with van der Waals surface area (Å²) in [5.41, 5.74) is -0.0969. The van der Waals surface area contributed by atoms with E-state index in [1.54, 1.807) is 12.1 Å². The van der Waals surface area contributed by atoms with Gasteiger partial charge in [-0.2, -0.15) is 5.26 Å². The number of nitriles is 1. The molecule has 0 unspecified atom stereocenters. The summed E-state index contributed by atoms with van der Waals surface area (Å²) in [6.45, 7) is 2.12. The first-order valence-corrected chi connectivity index (χ1v) is 5.86. The van der Waals surface area contributed by atoms with Crippen LogP contribution in [0.2, 0.25) is 0 Å². The minimum atomic E-state index is -0.591. The smallest absolute Gasteiger partial charge is 0.170 e. The second kappa shape index (κ2) is 5.48. The number of ether oxygens (including phenoxy) is 1. The minimum absolute atomic E-state index is 0.0969. The molecule has 0 fully saturated rings. The van der Waals surface area contributed by atoms with Gasteiger partial charge in [0.25, 0.3) is 0 Å². The molecule has 1 aromatic heterocycles. The molecule has 0 aliphatic rings. The number of aromatic nitrogens is 3. The van der Waals surface area contributed by atoms with Crippen LogP contribution in [0.3, 0.4) is 0 Å². The predicted octanol–water partition coefficient (Wildman–Crippen LogP) is 1.97. The molecule has 2 aromatic rings. The summed E-state index contributed by atoms with van der Waals surface area (Å²) in [7, 11) is 1.84. The van der Waals surface area contributed by atoms with Gasteiger partial charge in [-0.25, -0.2) is 4.39 Å². The van der Waals surface area contributed by atoms with E-state index in [2.05, 4.69) is 10.2 Å². The molecule has 0 spiro atoms. The lowest BCUT2D eigenvalue weighted by atomic mass is 10.2. The van der Waals surface area contributed by atoms with Crippen LogP contribution >= 0.6 is 0 Å². The van der Waals surface area contributed by atoms with Gasteiger partial charge < -0.3 is 9.30 Å². The molecular formula is C13H13FN4O. The fourth-order valence-corrected chi connectivity index (χ4v) is 1.71. The lowest BCUT2D eigenvalue weighted by Gasteiger charge is -2.08. The zero-order valence-electron chi connectivity index (χ0n) is 10.7. The Morgan fingerprint density at radius 3 is 2.74 bits per heavy atom. The Labute approximate surface area is 110 Å². The zero-order valence-corrected chi connectivity index (χ0v) is 10.7. The number of hydrogen-bond donors (Lipinski definition) is 0. The quantitative estimate of drug-likeness (QED) is 0.843. The minimum Gasteiger partial charge on any atom is -0.484 e. The van der Waals surface area contributed by atoms with Crippen molar-refractivity contribution in [3.05, 3.63) is 41.2 Å². The van der Waals surface area contributed by atoms with Crippen molar-refractivity contribution in [2.45, 2.75) is 20.0 Å². The Balaban J connectivity index is 2.17. The highest BCUT2D eigenvalue weighted by atomic mass is 19.1. The molecule has 6 heteroatoms. The third-order valence-electron chi connectivity index (χ3n) is 2.82. The molecule has 19 heavy (non-hydrogen) atoms. The van der Waals surface area contributed by atoms with E-state index in [9.17, 15) is 4.39 Å². The van der Waals surface area contributed by atoms with Crippen molar-refractivity contribution in [3.63, 3.8) is 0 Å². The molecule has 1 heterocycles. The molecule has 0 atom stereocenters. The highest BCUT2D eigenvalue weighted by Crippen LogP contribution is 2.21. The molecule has 0 radical (unpaired) electrons. The third-order valence-corrected chi connectivity index (χ3v) is 2.82. The van der Waals surface area contributed by atoms with Crippen molar-refractivity contribution in [1.82, 2.24) is 14.8 Å². The first-order chi connectivity index (χ1) is 9.17. The molecular weight excluding hydrogens is 247 g/mol. The van der Waals surface area contributed by atoms with E-state index in [4.69, 9.17) is 10.00 Å². The average molecular weight is 260 g/mol. The van der Waals surface area contributed by atoms with Gasteiger partial charge in [0.05, 0.1) is 0 Å². The van der Waals surface area contributed by atoms with Crippen molar-refractivity contribution in [3.8, 4) is 11.8 Å². The topological polar surface area (TPSA) is 63.7 Å². The standard InChI is InChI=1S/C13H13FN4O/c1-3-12-16-17-13(18(12)2)8-19-11-6-4-5-10(14)9(11)7-15/h4-6H,3,8H2,1-2H3. The van der Waals surface area contributed by atoms with Crippen molar-refractivity contribution in [1.29, 1.82) is 5.26 Å². The Kier molecular flexibility index (Phi) is 3.76. The Hall–Kier alpha value is -2.42. The van der Waals surface area contributed by atoms with Crippen LogP contribution in [0.25, 0.3) is 0 Å². The van der Waals surface area contributed by atoms with E-state index in [-0.39, 0.29) is 17.9 Å². The number of aryl methyl sites for hydroxylation is 1. The van der Waals surface area contributed by atoms with Gasteiger partial charge in [0.1, 0.15) is 35.6 Å². The maximum Gasteiger partial charge on any atom is 0.170 e. The van der Waals surface area contributed by atoms with E-state index in [1.807, 2.05) is 18.5 Å². The van der Waals surface area contributed by atoms with Crippen molar-refractivity contribution in [2.24, 2.45) is 7.05 Å². The van der Waals surface area contributed by atoms with Gasteiger partial charge in [-0.3, -0.25) is 0 Å². The highest BCUT2D eigenvalue weighted by Gasteiger charge is 2.11. The van der Waals surface area contributed by atoms with Gasteiger partial charge in [-0.05, 0) is 12.1 Å². The van der Waals surface area contributed by atoms with E-state index in [1.165, 1.54) is 12.1 Å². The SMILES string of the molecule is CCc1nnc(COc2cccc(F)c2C#N)n1C. The van der Waals surface area contributed by atoms with Crippen molar-refractivity contribution < 1.29 is 9.13 Å². The molecule has 0 N–H and O–H groups in total. The molecule has 98 valence electrons. The van der Waals surface area contributed by atoms with Gasteiger partial charge >= 0.3 is 0 Å². The monoisotopic (exact) mass is 260 g/mol. The lowest BCUT2D eigenvalue weighted by molar-refractivity contribution is 0.288. The van der Waals surface area contributed by atoms with Gasteiger partial charge in [0.2, 0.25) is 0 Å². The van der Waals surface area contributed by atoms with Crippen LogP contribution < -0.4 is 4.74 Å². The molecule has 2 rings (SSSR count). The van der Waals surface area contributed by atoms with Gasteiger partial charge in [-0.1, -0.05) is 13.0 Å². The first-order valence-electron chi connectivity index (χ1n) is 5.86. The molecule has 5 nitrogen and oxygen atoms in total. The van der Waals surface area contributed by atoms with Gasteiger partial charge in [0.15, 0.2) is 5.82 Å². The Bertz CT molecular complexity index is 630. The van der Waals surface area contributed by atoms with Crippen LogP contribution in [0.15, 0.2) is 18.2 Å². The summed E-state index contributed by atoms with van der Waals surface area (Å²) in [6.07, 6.45) is 0.771. The predicted molar refractivity (Wildman–Crippen MR) is 65.8 cm³/mol. The van der Waals surface area contributed by atoms with Gasteiger partial charge in [0, 0.05) is 13.5 Å². The highest BCUT2D eigenvalue weighted by molar-refractivity contribution is 5.43. The van der Waals surface area contributed by atoms with Crippen LogP contribution in [0, 0.1) is 17.1 Å². The molecule has 0 saturated heterocycles. The Morgan fingerprint density at radius 1 is 1.37 bits per heavy atom. The van der Waals surface area contributed by atoms with Crippen LogP contribution in [-0.2, 0) is 20.1 Å². The van der Waals surface area contributed by atoms with Crippen molar-refractivity contribution in [2.75, 3.05) is 0 Å². The second-order valence-electron chi connectivity index (χ2n) is 3.96. The van der Waals surface area contributed by atoms with Gasteiger partial charge in [-0.15, -0.1) is 10.2 Å². The lowest BCUT2D eigenvalue weighted by Crippen LogP contribution is -2.06. The van der Waals surface area contributed by atoms with E-state index in [0.717, 1.165) is 12.2 Å². The maximum absolute atomic E-state index is 13.4. The zero-order chi connectivity index (χ0) is 13.8. The molecule has 1 aromatic carbocycles. The van der Waals surface area contributed by atoms with E-state index >= 15 is 0 Å². The summed E-state index contributed by atoms with van der Waals surface area (Å²) in [6, 6.07) is 6.07. The summed E-state index contributed by atoms with van der Waals surface area (Å²) >= 11 is 0. The molecule has 0 aliphatic carbocycles. The molecule has 0 aliphatic heterocycles. The summed E-state index contributed by atoms with van der Waals surface area (Å²) < 4.78 is 20.7. The summed E-state index contributed by atoms with van der Waals surface area (Å²) in [4.78, 5) is 0. The first kappa shape index (κ1) is 13.0. The van der Waals surface area contributed by atoms with E-state index in [0.29, 0.717) is 5.82 Å². The number of benzene rings is 1. The summed E-state index contributed by atoms with van der Waals surface area (Å²) in [5.74, 6) is 1.10. The molecule has 0 saturated carbocycles. The average Bonchev–Trinajstić information content (AvgIpc) is 2.77. The third kappa shape index (κ3) is 2.55. The molecule has 0 bridgehead atoms. The van der Waals surface area contributed by atoms with E-state index < -0.39 is 5.82 Å². The van der Waals surface area contributed by atoms with Crippen LogP contribution in [0.4, 0.5) is 4.39 Å². The Morgan fingerprint density at radius 2 is 2.11 bits per heavy atom. The number of halogens is 1. The summed E-state index contributed by atoms with van der Waals surface area (Å²) in [5, 5.41) is 16.9.